The highest BCUT2D eigenvalue weighted by Gasteiger charge is 2.15. The van der Waals surface area contributed by atoms with Crippen molar-refractivity contribution >= 4 is 64.2 Å². The molecule has 0 spiro atoms. The number of nitro groups is 1. The Balaban J connectivity index is 1.66. The number of nitrogens with one attached hydrogen (secondary N) is 1. The van der Waals surface area contributed by atoms with Crippen LogP contribution in [-0.2, 0) is 4.79 Å². The average Bonchev–Trinajstić information content (AvgIpc) is 3.02. The molecule has 0 radical (unpaired) electrons. The zero-order chi connectivity index (χ0) is 19.4. The van der Waals surface area contributed by atoms with E-state index in [-0.39, 0.29) is 23.0 Å². The summed E-state index contributed by atoms with van der Waals surface area (Å²) >= 11 is 13.7. The highest BCUT2D eigenvalue weighted by atomic mass is 35.5. The Morgan fingerprint density at radius 1 is 1.30 bits per heavy atom. The van der Waals surface area contributed by atoms with Crippen molar-refractivity contribution in [3.05, 3.63) is 67.6 Å². The van der Waals surface area contributed by atoms with Crippen LogP contribution in [0.15, 0.2) is 52.9 Å². The highest BCUT2D eigenvalue weighted by molar-refractivity contribution is 8.01. The number of hydrogen-bond acceptors (Lipinski definition) is 7. The lowest BCUT2D eigenvalue weighted by molar-refractivity contribution is -0.383. The van der Waals surface area contributed by atoms with E-state index < -0.39 is 4.92 Å². The lowest BCUT2D eigenvalue weighted by atomic mass is 10.2. The predicted octanol–water partition coefficient (Wildman–Crippen LogP) is 4.96. The number of rotatable bonds is 6. The van der Waals surface area contributed by atoms with Gasteiger partial charge in [-0.25, -0.2) is 4.68 Å². The second-order valence-electron chi connectivity index (χ2n) is 5.13. The number of carbonyl (C=O) groups excluding carboxylic acids is 1. The Morgan fingerprint density at radius 2 is 2.00 bits per heavy atom. The van der Waals surface area contributed by atoms with Crippen molar-refractivity contribution in [3.63, 3.8) is 0 Å². The van der Waals surface area contributed by atoms with Crippen LogP contribution in [0.1, 0.15) is 0 Å². The van der Waals surface area contributed by atoms with E-state index in [4.69, 9.17) is 23.8 Å². The first kappa shape index (κ1) is 19.5. The predicted molar refractivity (Wildman–Crippen MR) is 110 cm³/mol. The van der Waals surface area contributed by atoms with Crippen LogP contribution in [0.2, 0.25) is 5.02 Å². The van der Waals surface area contributed by atoms with E-state index in [1.54, 1.807) is 41.1 Å². The van der Waals surface area contributed by atoms with Crippen LogP contribution in [0.4, 0.5) is 11.4 Å². The van der Waals surface area contributed by atoms with Crippen LogP contribution in [-0.4, -0.2) is 26.4 Å². The summed E-state index contributed by atoms with van der Waals surface area (Å²) in [6.07, 6.45) is 0. The summed E-state index contributed by atoms with van der Waals surface area (Å²) in [5.74, 6) is -0.317. The molecule has 0 aliphatic carbocycles. The summed E-state index contributed by atoms with van der Waals surface area (Å²) < 4.78 is 2.75. The lowest BCUT2D eigenvalue weighted by Gasteiger charge is -2.04. The van der Waals surface area contributed by atoms with Crippen molar-refractivity contribution in [2.24, 2.45) is 0 Å². The van der Waals surface area contributed by atoms with Gasteiger partial charge in [0.1, 0.15) is 5.69 Å². The van der Waals surface area contributed by atoms with Crippen molar-refractivity contribution in [3.8, 4) is 5.69 Å². The third kappa shape index (κ3) is 4.92. The van der Waals surface area contributed by atoms with E-state index in [1.807, 2.05) is 0 Å². The molecule has 0 fully saturated rings. The first-order valence-corrected chi connectivity index (χ1v) is 10.0. The molecule has 0 saturated carbocycles. The molecular weight excluding hydrogens is 428 g/mol. The van der Waals surface area contributed by atoms with E-state index >= 15 is 0 Å². The van der Waals surface area contributed by atoms with Gasteiger partial charge in [0.15, 0.2) is 8.29 Å². The Bertz CT molecular complexity index is 1050. The van der Waals surface area contributed by atoms with Gasteiger partial charge in [-0.2, -0.15) is 0 Å². The van der Waals surface area contributed by atoms with E-state index in [0.29, 0.717) is 13.3 Å². The summed E-state index contributed by atoms with van der Waals surface area (Å²) in [6.45, 7) is 0. The van der Waals surface area contributed by atoms with Crippen LogP contribution in [0, 0.1) is 14.1 Å². The first-order chi connectivity index (χ1) is 12.9. The van der Waals surface area contributed by atoms with Gasteiger partial charge in [0.05, 0.1) is 16.4 Å². The minimum absolute atomic E-state index is 0.0505. The van der Waals surface area contributed by atoms with Crippen LogP contribution >= 0.6 is 46.9 Å². The SMILES string of the molecule is O=C(CSc1nn(-c2ccc(Cl)cc2)c(=S)s1)Nc1ccccc1[N+](=O)[O-]. The molecule has 0 aliphatic heterocycles. The van der Waals surface area contributed by atoms with Crippen molar-refractivity contribution in [2.75, 3.05) is 11.1 Å². The molecule has 27 heavy (non-hydrogen) atoms. The number of benzene rings is 2. The Hall–Kier alpha value is -2.27. The normalized spacial score (nSPS) is 10.6. The fourth-order valence-corrected chi connectivity index (χ4v) is 4.40. The van der Waals surface area contributed by atoms with Gasteiger partial charge in [-0.05, 0) is 42.5 Å². The summed E-state index contributed by atoms with van der Waals surface area (Å²) in [5, 5.41) is 18.6. The molecule has 2 aromatic carbocycles. The van der Waals surface area contributed by atoms with Gasteiger partial charge < -0.3 is 5.32 Å². The van der Waals surface area contributed by atoms with Gasteiger partial charge in [-0.15, -0.1) is 5.10 Å². The number of amides is 1. The minimum Gasteiger partial charge on any atom is -0.320 e. The molecule has 0 aliphatic rings. The Kier molecular flexibility index (Phi) is 6.22. The molecular formula is C16H11ClN4O3S3. The summed E-state index contributed by atoms with van der Waals surface area (Å²) in [6, 6.07) is 13.1. The van der Waals surface area contributed by atoms with Gasteiger partial charge >= 0.3 is 0 Å². The average molecular weight is 439 g/mol. The second-order valence-corrected chi connectivity index (χ2v) is 8.41. The van der Waals surface area contributed by atoms with Gasteiger partial charge in [0.25, 0.3) is 5.69 Å². The minimum atomic E-state index is -0.540. The van der Waals surface area contributed by atoms with Crippen LogP contribution in [0.25, 0.3) is 5.69 Å². The zero-order valence-electron chi connectivity index (χ0n) is 13.5. The number of carbonyl (C=O) groups is 1. The summed E-state index contributed by atoms with van der Waals surface area (Å²) in [5.41, 5.74) is 0.780. The van der Waals surface area contributed by atoms with Crippen molar-refractivity contribution in [1.82, 2.24) is 9.78 Å². The maximum Gasteiger partial charge on any atom is 0.292 e. The monoisotopic (exact) mass is 438 g/mol. The van der Waals surface area contributed by atoms with Crippen LogP contribution < -0.4 is 5.32 Å². The number of nitrogens with zero attached hydrogens (tertiary/aromatic N) is 3. The topological polar surface area (TPSA) is 90.1 Å². The van der Waals surface area contributed by atoms with Crippen molar-refractivity contribution in [1.29, 1.82) is 0 Å². The van der Waals surface area contributed by atoms with Crippen molar-refractivity contribution < 1.29 is 9.72 Å². The number of aromatic nitrogens is 2. The second kappa shape index (κ2) is 8.61. The molecule has 0 saturated heterocycles. The molecule has 3 aromatic rings. The van der Waals surface area contributed by atoms with E-state index in [9.17, 15) is 14.9 Å². The Labute approximate surface area is 172 Å². The summed E-state index contributed by atoms with van der Waals surface area (Å²) in [4.78, 5) is 22.6. The van der Waals surface area contributed by atoms with Gasteiger partial charge in [0.2, 0.25) is 5.91 Å². The Morgan fingerprint density at radius 3 is 2.70 bits per heavy atom. The molecule has 7 nitrogen and oxygen atoms in total. The van der Waals surface area contributed by atoms with Gasteiger partial charge in [0, 0.05) is 11.1 Å². The third-order valence-electron chi connectivity index (χ3n) is 3.30. The maximum absolute atomic E-state index is 12.1. The molecule has 1 amide bonds. The summed E-state index contributed by atoms with van der Waals surface area (Å²) in [7, 11) is 0. The maximum atomic E-state index is 12.1. The largest absolute Gasteiger partial charge is 0.320 e. The first-order valence-electron chi connectivity index (χ1n) is 7.46. The number of anilines is 1. The zero-order valence-corrected chi connectivity index (χ0v) is 16.7. The third-order valence-corrected chi connectivity index (χ3v) is 5.92. The van der Waals surface area contributed by atoms with Crippen LogP contribution in [0.5, 0.6) is 0 Å². The standard InChI is InChI=1S/C16H11ClN4O3S3/c17-10-5-7-11(8-6-10)20-16(25)27-15(19-20)26-9-14(22)18-12-3-1-2-4-13(12)21(23)24/h1-8H,9H2,(H,18,22). The van der Waals surface area contributed by atoms with Gasteiger partial charge in [-0.3, -0.25) is 14.9 Å². The van der Waals surface area contributed by atoms with Gasteiger partial charge in [-0.1, -0.05) is 46.8 Å². The number of thioether (sulfide) groups is 1. The number of halogens is 1. The molecule has 3 rings (SSSR count). The molecule has 0 unspecified atom stereocenters. The quantitative estimate of drug-likeness (QED) is 0.253. The highest BCUT2D eigenvalue weighted by Crippen LogP contribution is 2.26. The number of hydrogen-bond donors (Lipinski definition) is 1. The fourth-order valence-electron chi connectivity index (χ4n) is 2.12. The van der Waals surface area contributed by atoms with E-state index in [2.05, 4.69) is 10.4 Å². The number of nitro benzene ring substituents is 1. The van der Waals surface area contributed by atoms with E-state index in [1.165, 1.54) is 35.2 Å². The fraction of sp³-hybridized carbons (Fsp3) is 0.0625. The van der Waals surface area contributed by atoms with Crippen LogP contribution in [0.3, 0.4) is 0 Å². The molecule has 1 aromatic heterocycles. The van der Waals surface area contributed by atoms with Crippen molar-refractivity contribution in [2.45, 2.75) is 4.34 Å². The lowest BCUT2D eigenvalue weighted by Crippen LogP contribution is -2.15. The number of para-hydroxylation sites is 2. The molecule has 0 atom stereocenters. The molecule has 1 heterocycles. The van der Waals surface area contributed by atoms with E-state index in [0.717, 1.165) is 5.69 Å². The smallest absolute Gasteiger partial charge is 0.292 e. The molecule has 0 bridgehead atoms. The molecule has 11 heteroatoms. The molecule has 138 valence electrons. The molecule has 1 N–H and O–H groups in total.